The van der Waals surface area contributed by atoms with E-state index in [1.807, 2.05) is 0 Å². The first-order chi connectivity index (χ1) is 8.25. The molecule has 2 N–H and O–H groups in total. The van der Waals surface area contributed by atoms with E-state index in [2.05, 4.69) is 22.5 Å². The summed E-state index contributed by atoms with van der Waals surface area (Å²) >= 11 is 0. The zero-order chi connectivity index (χ0) is 12.1. The van der Waals surface area contributed by atoms with Gasteiger partial charge in [0.1, 0.15) is 0 Å². The number of hydrogen-bond donors (Lipinski definition) is 2. The molecular formula is C13H25N3O. The normalized spacial score (nSPS) is 27.2. The van der Waals surface area contributed by atoms with Crippen molar-refractivity contribution in [3.63, 3.8) is 0 Å². The van der Waals surface area contributed by atoms with Crippen molar-refractivity contribution in [3.8, 4) is 0 Å². The molecule has 17 heavy (non-hydrogen) atoms. The van der Waals surface area contributed by atoms with Crippen molar-refractivity contribution in [1.82, 2.24) is 15.5 Å². The van der Waals surface area contributed by atoms with Crippen LogP contribution in [0.1, 0.15) is 39.0 Å². The summed E-state index contributed by atoms with van der Waals surface area (Å²) in [5.41, 5.74) is 0. The van der Waals surface area contributed by atoms with Gasteiger partial charge in [-0.3, -0.25) is 9.69 Å². The van der Waals surface area contributed by atoms with E-state index in [0.717, 1.165) is 26.2 Å². The molecule has 0 aromatic rings. The number of piperazine rings is 1. The van der Waals surface area contributed by atoms with Crippen molar-refractivity contribution < 1.29 is 4.79 Å². The number of hydrogen-bond acceptors (Lipinski definition) is 3. The Balaban J connectivity index is 1.64. The molecule has 1 aliphatic carbocycles. The first-order valence-electron chi connectivity index (χ1n) is 7.00. The molecule has 2 rings (SSSR count). The van der Waals surface area contributed by atoms with Gasteiger partial charge in [0.05, 0.1) is 0 Å². The van der Waals surface area contributed by atoms with Crippen LogP contribution < -0.4 is 10.6 Å². The zero-order valence-corrected chi connectivity index (χ0v) is 10.9. The van der Waals surface area contributed by atoms with Crippen LogP contribution in [0.4, 0.5) is 0 Å². The molecule has 98 valence electrons. The number of nitrogens with one attached hydrogen (secondary N) is 2. The summed E-state index contributed by atoms with van der Waals surface area (Å²) in [6.07, 6.45) is 5.56. The van der Waals surface area contributed by atoms with E-state index in [9.17, 15) is 4.79 Å². The minimum Gasteiger partial charge on any atom is -0.353 e. The average molecular weight is 239 g/mol. The number of amides is 1. The van der Waals surface area contributed by atoms with Crippen LogP contribution in [0.3, 0.4) is 0 Å². The molecule has 0 unspecified atom stereocenters. The average Bonchev–Trinajstić information content (AvgIpc) is 2.81. The summed E-state index contributed by atoms with van der Waals surface area (Å²) in [6, 6.07) is 1.02. The molecule has 2 aliphatic rings. The van der Waals surface area contributed by atoms with Gasteiger partial charge in [-0.15, -0.1) is 0 Å². The van der Waals surface area contributed by atoms with E-state index in [0.29, 0.717) is 18.5 Å². The summed E-state index contributed by atoms with van der Waals surface area (Å²) < 4.78 is 0. The monoisotopic (exact) mass is 239 g/mol. The molecule has 1 aliphatic heterocycles. The maximum atomic E-state index is 11.8. The predicted octanol–water partition coefficient (Wildman–Crippen LogP) is 0.729. The molecule has 1 saturated heterocycles. The van der Waals surface area contributed by atoms with E-state index in [4.69, 9.17) is 0 Å². The molecule has 1 heterocycles. The van der Waals surface area contributed by atoms with Crippen LogP contribution in [0, 0.1) is 0 Å². The first-order valence-corrected chi connectivity index (χ1v) is 7.00. The number of carbonyl (C=O) groups is 1. The Morgan fingerprint density at radius 2 is 2.18 bits per heavy atom. The van der Waals surface area contributed by atoms with Crippen LogP contribution in [0.5, 0.6) is 0 Å². The highest BCUT2D eigenvalue weighted by molar-refractivity contribution is 5.76. The van der Waals surface area contributed by atoms with Gasteiger partial charge in [0.15, 0.2) is 0 Å². The van der Waals surface area contributed by atoms with E-state index in [-0.39, 0.29) is 5.91 Å². The third-order valence-electron chi connectivity index (χ3n) is 3.99. The number of carbonyl (C=O) groups excluding carboxylic acids is 1. The van der Waals surface area contributed by atoms with Crippen molar-refractivity contribution in [3.05, 3.63) is 0 Å². The minimum atomic E-state index is 0.239. The van der Waals surface area contributed by atoms with Crippen LogP contribution in [0.25, 0.3) is 0 Å². The molecule has 4 heteroatoms. The summed E-state index contributed by atoms with van der Waals surface area (Å²) in [7, 11) is 0. The van der Waals surface area contributed by atoms with Gasteiger partial charge < -0.3 is 10.6 Å². The summed E-state index contributed by atoms with van der Waals surface area (Å²) in [6.45, 7) is 6.29. The molecule has 0 radical (unpaired) electrons. The Kier molecular flexibility index (Phi) is 4.80. The lowest BCUT2D eigenvalue weighted by Gasteiger charge is -2.33. The molecule has 0 aromatic carbocycles. The Labute approximate surface area is 104 Å². The van der Waals surface area contributed by atoms with Gasteiger partial charge in [-0.25, -0.2) is 0 Å². The Morgan fingerprint density at radius 1 is 1.41 bits per heavy atom. The SMILES string of the molecule is C[C@H]1CNCCN1CCC(=O)NC1CCCC1. The lowest BCUT2D eigenvalue weighted by atomic mass is 10.2. The molecule has 2 fully saturated rings. The maximum absolute atomic E-state index is 11.8. The summed E-state index contributed by atoms with van der Waals surface area (Å²) in [5.74, 6) is 0.239. The molecule has 1 saturated carbocycles. The van der Waals surface area contributed by atoms with Gasteiger partial charge in [-0.05, 0) is 19.8 Å². The van der Waals surface area contributed by atoms with E-state index < -0.39 is 0 Å². The molecule has 1 atom stereocenters. The fraction of sp³-hybridized carbons (Fsp3) is 0.923. The van der Waals surface area contributed by atoms with Crippen molar-refractivity contribution in [1.29, 1.82) is 0 Å². The second-order valence-electron chi connectivity index (χ2n) is 5.39. The van der Waals surface area contributed by atoms with Gasteiger partial charge in [-0.1, -0.05) is 12.8 Å². The quantitative estimate of drug-likeness (QED) is 0.760. The zero-order valence-electron chi connectivity index (χ0n) is 10.9. The second kappa shape index (κ2) is 6.36. The predicted molar refractivity (Wildman–Crippen MR) is 68.9 cm³/mol. The van der Waals surface area contributed by atoms with E-state index >= 15 is 0 Å². The van der Waals surface area contributed by atoms with Gasteiger partial charge in [0.2, 0.25) is 5.91 Å². The standard InChI is InChI=1S/C13H25N3O/c1-11-10-14-7-9-16(11)8-6-13(17)15-12-4-2-3-5-12/h11-12,14H,2-10H2,1H3,(H,15,17)/t11-/m0/s1. The second-order valence-corrected chi connectivity index (χ2v) is 5.39. The topological polar surface area (TPSA) is 44.4 Å². The molecule has 4 nitrogen and oxygen atoms in total. The van der Waals surface area contributed by atoms with Crippen LogP contribution in [0.2, 0.25) is 0 Å². The van der Waals surface area contributed by atoms with Gasteiger partial charge in [-0.2, -0.15) is 0 Å². The van der Waals surface area contributed by atoms with Gasteiger partial charge in [0, 0.05) is 44.7 Å². The van der Waals surface area contributed by atoms with Gasteiger partial charge >= 0.3 is 0 Å². The van der Waals surface area contributed by atoms with Crippen molar-refractivity contribution in [2.45, 2.75) is 51.1 Å². The molecule has 0 spiro atoms. The fourth-order valence-corrected chi connectivity index (χ4v) is 2.83. The van der Waals surface area contributed by atoms with Crippen LogP contribution in [-0.2, 0) is 4.79 Å². The third-order valence-corrected chi connectivity index (χ3v) is 3.99. The van der Waals surface area contributed by atoms with Crippen molar-refractivity contribution >= 4 is 5.91 Å². The molecule has 0 aromatic heterocycles. The number of rotatable bonds is 4. The van der Waals surface area contributed by atoms with E-state index in [1.54, 1.807) is 0 Å². The first kappa shape index (κ1) is 12.8. The lowest BCUT2D eigenvalue weighted by molar-refractivity contribution is -0.122. The Morgan fingerprint density at radius 3 is 2.88 bits per heavy atom. The highest BCUT2D eigenvalue weighted by atomic mass is 16.1. The number of nitrogens with zero attached hydrogens (tertiary/aromatic N) is 1. The minimum absolute atomic E-state index is 0.239. The maximum Gasteiger partial charge on any atom is 0.221 e. The van der Waals surface area contributed by atoms with Crippen LogP contribution >= 0.6 is 0 Å². The Hall–Kier alpha value is -0.610. The third kappa shape index (κ3) is 3.96. The summed E-state index contributed by atoms with van der Waals surface area (Å²) in [4.78, 5) is 14.2. The molecule has 0 bridgehead atoms. The van der Waals surface area contributed by atoms with Crippen LogP contribution in [0.15, 0.2) is 0 Å². The van der Waals surface area contributed by atoms with Crippen molar-refractivity contribution in [2.75, 3.05) is 26.2 Å². The van der Waals surface area contributed by atoms with Crippen LogP contribution in [-0.4, -0.2) is 49.1 Å². The molecular weight excluding hydrogens is 214 g/mol. The van der Waals surface area contributed by atoms with Gasteiger partial charge in [0.25, 0.3) is 0 Å². The lowest BCUT2D eigenvalue weighted by Crippen LogP contribution is -2.50. The summed E-state index contributed by atoms with van der Waals surface area (Å²) in [5, 5.41) is 6.52. The highest BCUT2D eigenvalue weighted by Crippen LogP contribution is 2.17. The van der Waals surface area contributed by atoms with Crippen molar-refractivity contribution in [2.24, 2.45) is 0 Å². The smallest absolute Gasteiger partial charge is 0.221 e. The van der Waals surface area contributed by atoms with E-state index in [1.165, 1.54) is 25.7 Å². The molecule has 1 amide bonds. The largest absolute Gasteiger partial charge is 0.353 e. The Bertz CT molecular complexity index is 251. The fourth-order valence-electron chi connectivity index (χ4n) is 2.83. The highest BCUT2D eigenvalue weighted by Gasteiger charge is 2.20.